The minimum absolute atomic E-state index is 0.00677. The smallest absolute Gasteiger partial charge is 0.227 e. The van der Waals surface area contributed by atoms with Gasteiger partial charge in [-0.15, -0.1) is 0 Å². The van der Waals surface area contributed by atoms with Crippen LogP contribution in [0.15, 0.2) is 47.2 Å². The van der Waals surface area contributed by atoms with Gasteiger partial charge in [-0.1, -0.05) is 30.3 Å². The molecule has 23 heavy (non-hydrogen) atoms. The van der Waals surface area contributed by atoms with Gasteiger partial charge < -0.3 is 4.90 Å². The van der Waals surface area contributed by atoms with Crippen molar-refractivity contribution < 1.29 is 13.2 Å². The number of nitrogens with zero attached hydrogens (tertiary/aromatic N) is 1. The SMILES string of the molecule is O=C(Cc1ccsc1)N1CC[C@H](c2ccccc2)S(=O)(=O)CC1. The molecule has 0 bridgehead atoms. The quantitative estimate of drug-likeness (QED) is 0.856. The molecule has 0 N–H and O–H groups in total. The molecule has 4 nitrogen and oxygen atoms in total. The maximum absolute atomic E-state index is 12.6. The molecule has 1 aromatic heterocycles. The van der Waals surface area contributed by atoms with Crippen molar-refractivity contribution in [1.29, 1.82) is 0 Å². The van der Waals surface area contributed by atoms with E-state index >= 15 is 0 Å². The fourth-order valence-electron chi connectivity index (χ4n) is 2.91. The third-order valence-corrected chi connectivity index (χ3v) is 7.06. The maximum Gasteiger partial charge on any atom is 0.227 e. The molecule has 6 heteroatoms. The molecule has 1 aliphatic rings. The lowest BCUT2D eigenvalue weighted by Crippen LogP contribution is -2.34. The molecule has 1 amide bonds. The van der Waals surface area contributed by atoms with Crippen molar-refractivity contribution in [2.24, 2.45) is 0 Å². The highest BCUT2D eigenvalue weighted by Gasteiger charge is 2.32. The van der Waals surface area contributed by atoms with Crippen molar-refractivity contribution in [2.75, 3.05) is 18.8 Å². The summed E-state index contributed by atoms with van der Waals surface area (Å²) in [7, 11) is -3.23. The van der Waals surface area contributed by atoms with E-state index in [-0.39, 0.29) is 18.2 Å². The van der Waals surface area contributed by atoms with E-state index in [2.05, 4.69) is 0 Å². The van der Waals surface area contributed by atoms with E-state index in [0.29, 0.717) is 19.4 Å². The predicted molar refractivity (Wildman–Crippen MR) is 92.2 cm³/mol. The number of amides is 1. The van der Waals surface area contributed by atoms with Gasteiger partial charge in [0, 0.05) is 13.1 Å². The van der Waals surface area contributed by atoms with Crippen LogP contribution in [0.4, 0.5) is 0 Å². The number of benzene rings is 1. The Labute approximate surface area is 140 Å². The topological polar surface area (TPSA) is 54.5 Å². The van der Waals surface area contributed by atoms with E-state index in [4.69, 9.17) is 0 Å². The molecule has 2 aromatic rings. The highest BCUT2D eigenvalue weighted by Crippen LogP contribution is 2.29. The van der Waals surface area contributed by atoms with Crippen molar-refractivity contribution in [3.05, 3.63) is 58.3 Å². The van der Waals surface area contributed by atoms with Crippen molar-refractivity contribution >= 4 is 27.1 Å². The molecule has 1 aliphatic heterocycles. The van der Waals surface area contributed by atoms with Crippen LogP contribution in [0.2, 0.25) is 0 Å². The highest BCUT2D eigenvalue weighted by molar-refractivity contribution is 7.91. The number of carbonyl (C=O) groups excluding carboxylic acids is 1. The first-order valence-electron chi connectivity index (χ1n) is 7.61. The highest BCUT2D eigenvalue weighted by atomic mass is 32.2. The lowest BCUT2D eigenvalue weighted by atomic mass is 10.1. The Morgan fingerprint density at radius 3 is 2.65 bits per heavy atom. The molecular weight excluding hydrogens is 330 g/mol. The molecule has 1 fully saturated rings. The van der Waals surface area contributed by atoms with Gasteiger partial charge in [0.25, 0.3) is 0 Å². The summed E-state index contributed by atoms with van der Waals surface area (Å²) in [4.78, 5) is 14.1. The molecular formula is C17H19NO3S2. The summed E-state index contributed by atoms with van der Waals surface area (Å²) in [5, 5.41) is 3.39. The summed E-state index contributed by atoms with van der Waals surface area (Å²) in [6.07, 6.45) is 0.807. The Morgan fingerprint density at radius 2 is 1.96 bits per heavy atom. The second-order valence-electron chi connectivity index (χ2n) is 5.74. The molecule has 0 unspecified atom stereocenters. The minimum atomic E-state index is -3.23. The summed E-state index contributed by atoms with van der Waals surface area (Å²) >= 11 is 1.56. The number of thiophene rings is 1. The average molecular weight is 349 g/mol. The summed E-state index contributed by atoms with van der Waals surface area (Å²) < 4.78 is 25.1. The van der Waals surface area contributed by atoms with Crippen LogP contribution < -0.4 is 0 Å². The first kappa shape index (κ1) is 16.2. The second kappa shape index (κ2) is 6.84. The van der Waals surface area contributed by atoms with E-state index in [1.807, 2.05) is 47.2 Å². The standard InChI is InChI=1S/C17H19NO3S2/c19-17(12-14-7-10-22-13-14)18-8-6-16(23(20,21)11-9-18)15-4-2-1-3-5-15/h1-5,7,10,13,16H,6,8-9,11-12H2/t16-/m1/s1. The van der Waals surface area contributed by atoms with Gasteiger partial charge in [-0.05, 0) is 34.4 Å². The third kappa shape index (κ3) is 3.82. The average Bonchev–Trinajstić information content (AvgIpc) is 2.98. The first-order valence-corrected chi connectivity index (χ1v) is 10.3. The van der Waals surface area contributed by atoms with Crippen LogP contribution in [0, 0.1) is 0 Å². The van der Waals surface area contributed by atoms with E-state index in [0.717, 1.165) is 11.1 Å². The van der Waals surface area contributed by atoms with Crippen molar-refractivity contribution in [2.45, 2.75) is 18.1 Å². The molecule has 2 heterocycles. The predicted octanol–water partition coefficient (Wildman–Crippen LogP) is 2.68. The van der Waals surface area contributed by atoms with Crippen LogP contribution in [0.25, 0.3) is 0 Å². The molecule has 0 aliphatic carbocycles. The van der Waals surface area contributed by atoms with Gasteiger partial charge in [-0.25, -0.2) is 8.42 Å². The van der Waals surface area contributed by atoms with Crippen LogP contribution in [-0.4, -0.2) is 38.1 Å². The monoisotopic (exact) mass is 349 g/mol. The van der Waals surface area contributed by atoms with Gasteiger partial charge in [0.1, 0.15) is 0 Å². The molecule has 0 saturated carbocycles. The molecule has 1 atom stereocenters. The van der Waals surface area contributed by atoms with Gasteiger partial charge in [-0.2, -0.15) is 11.3 Å². The van der Waals surface area contributed by atoms with E-state index in [1.54, 1.807) is 16.2 Å². The summed E-state index contributed by atoms with van der Waals surface area (Å²) in [5.74, 6) is 0.0365. The fourth-order valence-corrected chi connectivity index (χ4v) is 5.38. The second-order valence-corrected chi connectivity index (χ2v) is 8.83. The number of rotatable bonds is 3. The molecule has 1 aromatic carbocycles. The molecule has 0 radical (unpaired) electrons. The van der Waals surface area contributed by atoms with Crippen LogP contribution in [0.5, 0.6) is 0 Å². The molecule has 0 spiro atoms. The van der Waals surface area contributed by atoms with Crippen LogP contribution in [-0.2, 0) is 21.1 Å². The lowest BCUT2D eigenvalue weighted by Gasteiger charge is -2.19. The first-order chi connectivity index (χ1) is 11.1. The lowest BCUT2D eigenvalue weighted by molar-refractivity contribution is -0.130. The zero-order chi connectivity index (χ0) is 16.3. The number of sulfone groups is 1. The Hall–Kier alpha value is -1.66. The third-order valence-electron chi connectivity index (χ3n) is 4.20. The molecule has 3 rings (SSSR count). The summed E-state index contributed by atoms with van der Waals surface area (Å²) in [5.41, 5.74) is 1.81. The van der Waals surface area contributed by atoms with Gasteiger partial charge in [0.15, 0.2) is 9.84 Å². The number of hydrogen-bond donors (Lipinski definition) is 0. The Bertz CT molecular complexity index is 754. The summed E-state index contributed by atoms with van der Waals surface area (Å²) in [6.45, 7) is 0.774. The molecule has 1 saturated heterocycles. The van der Waals surface area contributed by atoms with Gasteiger partial charge >= 0.3 is 0 Å². The molecule has 122 valence electrons. The van der Waals surface area contributed by atoms with Gasteiger partial charge in [0.05, 0.1) is 17.4 Å². The van der Waals surface area contributed by atoms with Crippen LogP contribution in [0.1, 0.15) is 22.8 Å². The maximum atomic E-state index is 12.6. The van der Waals surface area contributed by atoms with E-state index in [9.17, 15) is 13.2 Å². The zero-order valence-corrected chi connectivity index (χ0v) is 14.4. The van der Waals surface area contributed by atoms with Crippen molar-refractivity contribution in [3.63, 3.8) is 0 Å². The normalized spacial score (nSPS) is 20.9. The largest absolute Gasteiger partial charge is 0.341 e. The fraction of sp³-hybridized carbons (Fsp3) is 0.353. The van der Waals surface area contributed by atoms with E-state index < -0.39 is 15.1 Å². The van der Waals surface area contributed by atoms with Crippen LogP contribution in [0.3, 0.4) is 0 Å². The minimum Gasteiger partial charge on any atom is -0.341 e. The van der Waals surface area contributed by atoms with Crippen molar-refractivity contribution in [1.82, 2.24) is 4.90 Å². The van der Waals surface area contributed by atoms with Crippen molar-refractivity contribution in [3.8, 4) is 0 Å². The van der Waals surface area contributed by atoms with Gasteiger partial charge in [-0.3, -0.25) is 4.79 Å². The number of carbonyl (C=O) groups is 1. The zero-order valence-electron chi connectivity index (χ0n) is 12.7. The Morgan fingerprint density at radius 1 is 1.17 bits per heavy atom. The van der Waals surface area contributed by atoms with Crippen LogP contribution >= 0.6 is 11.3 Å². The summed E-state index contributed by atoms with van der Waals surface area (Å²) in [6, 6.07) is 11.2. The van der Waals surface area contributed by atoms with Gasteiger partial charge in [0.2, 0.25) is 5.91 Å². The number of hydrogen-bond acceptors (Lipinski definition) is 4. The van der Waals surface area contributed by atoms with E-state index in [1.165, 1.54) is 0 Å². The Kier molecular flexibility index (Phi) is 4.82. The Balaban J connectivity index is 1.73.